The van der Waals surface area contributed by atoms with Crippen LogP contribution in [0.15, 0.2) is 24.3 Å². The molecule has 4 nitrogen and oxygen atoms in total. The first-order valence-electron chi connectivity index (χ1n) is 6.74. The van der Waals surface area contributed by atoms with E-state index in [4.69, 9.17) is 10.5 Å². The van der Waals surface area contributed by atoms with Gasteiger partial charge in [0.25, 0.3) is 5.91 Å². The summed E-state index contributed by atoms with van der Waals surface area (Å²) in [6, 6.07) is 7.48. The van der Waals surface area contributed by atoms with E-state index in [0.29, 0.717) is 18.2 Å². The summed E-state index contributed by atoms with van der Waals surface area (Å²) in [5.74, 6) is 1.17. The molecule has 19 heavy (non-hydrogen) atoms. The van der Waals surface area contributed by atoms with Crippen molar-refractivity contribution in [3.8, 4) is 5.75 Å². The zero-order chi connectivity index (χ0) is 14.3. The number of hydrogen-bond acceptors (Lipinski definition) is 3. The molecule has 0 fully saturated rings. The van der Waals surface area contributed by atoms with Crippen molar-refractivity contribution >= 4 is 5.91 Å². The van der Waals surface area contributed by atoms with E-state index in [1.165, 1.54) is 0 Å². The summed E-state index contributed by atoms with van der Waals surface area (Å²) in [6.07, 6.45) is 0.978. The zero-order valence-corrected chi connectivity index (χ0v) is 12.0. The molecule has 0 radical (unpaired) electrons. The number of nitrogens with two attached hydrogens (primary N) is 1. The van der Waals surface area contributed by atoms with Crippen molar-refractivity contribution in [1.29, 1.82) is 0 Å². The second-order valence-corrected chi connectivity index (χ2v) is 5.18. The minimum atomic E-state index is -0.0909. The number of nitrogens with one attached hydrogen (secondary N) is 1. The van der Waals surface area contributed by atoms with Gasteiger partial charge < -0.3 is 15.8 Å². The first kappa shape index (κ1) is 15.5. The van der Waals surface area contributed by atoms with Crippen LogP contribution in [0, 0.1) is 5.92 Å². The molecule has 1 rings (SSSR count). The van der Waals surface area contributed by atoms with Crippen LogP contribution < -0.4 is 15.8 Å². The lowest BCUT2D eigenvalue weighted by Crippen LogP contribution is -2.30. The second-order valence-electron chi connectivity index (χ2n) is 5.18. The SMILES string of the molecule is CC(C)CCNC(=O)COc1cccc([C@@H](C)N)c1. The molecule has 0 aliphatic rings. The van der Waals surface area contributed by atoms with Crippen LogP contribution in [0.3, 0.4) is 0 Å². The summed E-state index contributed by atoms with van der Waals surface area (Å²) < 4.78 is 5.45. The van der Waals surface area contributed by atoms with Gasteiger partial charge in [0.2, 0.25) is 0 Å². The van der Waals surface area contributed by atoms with E-state index < -0.39 is 0 Å². The van der Waals surface area contributed by atoms with Gasteiger partial charge in [-0.15, -0.1) is 0 Å². The summed E-state index contributed by atoms with van der Waals surface area (Å²) in [4.78, 5) is 11.6. The van der Waals surface area contributed by atoms with Crippen LogP contribution >= 0.6 is 0 Å². The van der Waals surface area contributed by atoms with Crippen LogP contribution in [0.5, 0.6) is 5.75 Å². The van der Waals surface area contributed by atoms with Gasteiger partial charge in [0, 0.05) is 12.6 Å². The number of rotatable bonds is 7. The van der Waals surface area contributed by atoms with Crippen molar-refractivity contribution in [3.63, 3.8) is 0 Å². The largest absolute Gasteiger partial charge is 0.484 e. The van der Waals surface area contributed by atoms with Gasteiger partial charge in [-0.2, -0.15) is 0 Å². The lowest BCUT2D eigenvalue weighted by Gasteiger charge is -2.10. The van der Waals surface area contributed by atoms with E-state index >= 15 is 0 Å². The predicted octanol–water partition coefficient (Wildman–Crippen LogP) is 2.25. The van der Waals surface area contributed by atoms with Crippen LogP contribution in [0.25, 0.3) is 0 Å². The topological polar surface area (TPSA) is 64.3 Å². The lowest BCUT2D eigenvalue weighted by atomic mass is 10.1. The van der Waals surface area contributed by atoms with Crippen molar-refractivity contribution in [2.45, 2.75) is 33.2 Å². The van der Waals surface area contributed by atoms with E-state index in [2.05, 4.69) is 19.2 Å². The van der Waals surface area contributed by atoms with E-state index in [-0.39, 0.29) is 18.6 Å². The molecular weight excluding hydrogens is 240 g/mol. The van der Waals surface area contributed by atoms with Gasteiger partial charge in [0.15, 0.2) is 6.61 Å². The van der Waals surface area contributed by atoms with Crippen molar-refractivity contribution in [1.82, 2.24) is 5.32 Å². The standard InChI is InChI=1S/C15H24N2O2/c1-11(2)7-8-17-15(18)10-19-14-6-4-5-13(9-14)12(3)16/h4-6,9,11-12H,7-8,10,16H2,1-3H3,(H,17,18)/t12-/m1/s1. The molecule has 1 amide bonds. The monoisotopic (exact) mass is 264 g/mol. The third kappa shape index (κ3) is 6.25. The fourth-order valence-electron chi connectivity index (χ4n) is 1.59. The molecule has 0 unspecified atom stereocenters. The van der Waals surface area contributed by atoms with Crippen LogP contribution in [0.2, 0.25) is 0 Å². The van der Waals surface area contributed by atoms with Crippen LogP contribution in [-0.2, 0) is 4.79 Å². The Morgan fingerprint density at radius 3 is 2.74 bits per heavy atom. The fourth-order valence-corrected chi connectivity index (χ4v) is 1.59. The average molecular weight is 264 g/mol. The maximum Gasteiger partial charge on any atom is 0.257 e. The molecule has 0 aromatic heterocycles. The van der Waals surface area contributed by atoms with Gasteiger partial charge in [0.05, 0.1) is 0 Å². The Kier molecular flexibility index (Phi) is 6.36. The molecule has 1 aromatic carbocycles. The molecule has 0 spiro atoms. The normalized spacial score (nSPS) is 12.3. The van der Waals surface area contributed by atoms with E-state index in [1.54, 1.807) is 0 Å². The Hall–Kier alpha value is -1.55. The molecule has 0 saturated heterocycles. The minimum absolute atomic E-state index is 0.0385. The van der Waals surface area contributed by atoms with Crippen LogP contribution in [0.1, 0.15) is 38.8 Å². The van der Waals surface area contributed by atoms with Crippen LogP contribution in [-0.4, -0.2) is 19.1 Å². The number of carbonyl (C=O) groups is 1. The maximum absolute atomic E-state index is 11.6. The van der Waals surface area contributed by atoms with Gasteiger partial charge in [-0.05, 0) is 37.0 Å². The average Bonchev–Trinajstić information content (AvgIpc) is 2.36. The highest BCUT2D eigenvalue weighted by atomic mass is 16.5. The van der Waals surface area contributed by atoms with E-state index in [1.807, 2.05) is 31.2 Å². The summed E-state index contributed by atoms with van der Waals surface area (Å²) >= 11 is 0. The first-order valence-corrected chi connectivity index (χ1v) is 6.74. The van der Waals surface area contributed by atoms with Crippen molar-refractivity contribution < 1.29 is 9.53 Å². The predicted molar refractivity (Wildman–Crippen MR) is 77.0 cm³/mol. The molecule has 1 aromatic rings. The number of ether oxygens (including phenoxy) is 1. The quantitative estimate of drug-likeness (QED) is 0.794. The minimum Gasteiger partial charge on any atom is -0.484 e. The van der Waals surface area contributed by atoms with Gasteiger partial charge in [0.1, 0.15) is 5.75 Å². The number of hydrogen-bond donors (Lipinski definition) is 2. The van der Waals surface area contributed by atoms with Crippen LogP contribution in [0.4, 0.5) is 0 Å². The van der Waals surface area contributed by atoms with Gasteiger partial charge >= 0.3 is 0 Å². The lowest BCUT2D eigenvalue weighted by molar-refractivity contribution is -0.123. The van der Waals surface area contributed by atoms with E-state index in [9.17, 15) is 4.79 Å². The Bertz CT molecular complexity index is 403. The zero-order valence-electron chi connectivity index (χ0n) is 12.0. The highest BCUT2D eigenvalue weighted by molar-refractivity contribution is 5.77. The highest BCUT2D eigenvalue weighted by Crippen LogP contribution is 2.17. The van der Waals surface area contributed by atoms with Crippen molar-refractivity contribution in [2.75, 3.05) is 13.2 Å². The molecule has 0 saturated carbocycles. The smallest absolute Gasteiger partial charge is 0.257 e. The Morgan fingerprint density at radius 1 is 1.37 bits per heavy atom. The summed E-state index contributed by atoms with van der Waals surface area (Å²) in [6.45, 7) is 6.91. The molecule has 3 N–H and O–H groups in total. The summed E-state index contributed by atoms with van der Waals surface area (Å²) in [5, 5.41) is 2.83. The van der Waals surface area contributed by atoms with Gasteiger partial charge in [-0.1, -0.05) is 26.0 Å². The molecule has 0 heterocycles. The van der Waals surface area contributed by atoms with Crippen molar-refractivity contribution in [2.24, 2.45) is 11.7 Å². The molecule has 106 valence electrons. The number of benzene rings is 1. The summed E-state index contributed by atoms with van der Waals surface area (Å²) in [5.41, 5.74) is 6.80. The Morgan fingerprint density at radius 2 is 2.11 bits per heavy atom. The summed E-state index contributed by atoms with van der Waals surface area (Å²) in [7, 11) is 0. The first-order chi connectivity index (χ1) is 8.99. The molecule has 0 bridgehead atoms. The van der Waals surface area contributed by atoms with Gasteiger partial charge in [-0.25, -0.2) is 0 Å². The van der Waals surface area contributed by atoms with Gasteiger partial charge in [-0.3, -0.25) is 4.79 Å². The molecular formula is C15H24N2O2. The fraction of sp³-hybridized carbons (Fsp3) is 0.533. The van der Waals surface area contributed by atoms with Crippen molar-refractivity contribution in [3.05, 3.63) is 29.8 Å². The van der Waals surface area contributed by atoms with E-state index in [0.717, 1.165) is 12.0 Å². The molecule has 1 atom stereocenters. The second kappa shape index (κ2) is 7.79. The third-order valence-corrected chi connectivity index (χ3v) is 2.80. The Balaban J connectivity index is 2.35. The third-order valence-electron chi connectivity index (χ3n) is 2.80. The number of amides is 1. The molecule has 4 heteroatoms. The highest BCUT2D eigenvalue weighted by Gasteiger charge is 2.05. The molecule has 0 aliphatic heterocycles. The molecule has 0 aliphatic carbocycles. The number of carbonyl (C=O) groups excluding carboxylic acids is 1. The maximum atomic E-state index is 11.6. The Labute approximate surface area is 115 Å².